The van der Waals surface area contributed by atoms with Crippen molar-refractivity contribution in [3.63, 3.8) is 0 Å². The van der Waals surface area contributed by atoms with Gasteiger partial charge in [0.2, 0.25) is 10.0 Å². The van der Waals surface area contributed by atoms with E-state index in [1.807, 2.05) is 19.1 Å². The van der Waals surface area contributed by atoms with Crippen LogP contribution in [0, 0.1) is 5.92 Å². The average Bonchev–Trinajstić information content (AvgIpc) is 2.81. The Balaban J connectivity index is 2.26. The lowest BCUT2D eigenvalue weighted by molar-refractivity contribution is 0.404. The molecular weight excluding hydrogens is 272 g/mol. The van der Waals surface area contributed by atoms with Gasteiger partial charge in [-0.05, 0) is 49.4 Å². The standard InChI is InChI=1S/C15H24N2O2S/c1-11(2)14-4-6-15(7-5-14)20(18,19)17-10-13(9-16)8-12(17)3/h4-7,11-13H,8-10,16H2,1-3H3. The Morgan fingerprint density at radius 1 is 1.30 bits per heavy atom. The van der Waals surface area contributed by atoms with Crippen LogP contribution in [0.1, 0.15) is 38.7 Å². The smallest absolute Gasteiger partial charge is 0.243 e. The normalized spacial score (nSPS) is 24.4. The van der Waals surface area contributed by atoms with E-state index in [4.69, 9.17) is 5.73 Å². The van der Waals surface area contributed by atoms with Crippen LogP contribution >= 0.6 is 0 Å². The molecule has 0 saturated carbocycles. The lowest BCUT2D eigenvalue weighted by Crippen LogP contribution is -2.34. The van der Waals surface area contributed by atoms with Gasteiger partial charge < -0.3 is 5.73 Å². The van der Waals surface area contributed by atoms with E-state index in [9.17, 15) is 8.42 Å². The van der Waals surface area contributed by atoms with E-state index in [0.717, 1.165) is 12.0 Å². The molecule has 0 bridgehead atoms. The number of hydrogen-bond donors (Lipinski definition) is 1. The van der Waals surface area contributed by atoms with Crippen LogP contribution in [0.25, 0.3) is 0 Å². The molecule has 112 valence electrons. The van der Waals surface area contributed by atoms with E-state index in [1.54, 1.807) is 16.4 Å². The van der Waals surface area contributed by atoms with Gasteiger partial charge in [-0.2, -0.15) is 4.31 Å². The third kappa shape index (κ3) is 2.90. The van der Waals surface area contributed by atoms with E-state index in [0.29, 0.717) is 23.9 Å². The second kappa shape index (κ2) is 5.84. The molecule has 1 aliphatic rings. The van der Waals surface area contributed by atoms with Crippen LogP contribution in [0.4, 0.5) is 0 Å². The first kappa shape index (κ1) is 15.5. The molecule has 1 heterocycles. The van der Waals surface area contributed by atoms with Gasteiger partial charge >= 0.3 is 0 Å². The molecule has 20 heavy (non-hydrogen) atoms. The molecule has 1 fully saturated rings. The zero-order chi connectivity index (χ0) is 14.9. The van der Waals surface area contributed by atoms with Gasteiger partial charge in [-0.1, -0.05) is 26.0 Å². The minimum Gasteiger partial charge on any atom is -0.330 e. The second-order valence-corrected chi connectivity index (χ2v) is 7.88. The Kier molecular flexibility index (Phi) is 4.52. The van der Waals surface area contributed by atoms with Crippen molar-refractivity contribution < 1.29 is 8.42 Å². The number of nitrogens with zero attached hydrogens (tertiary/aromatic N) is 1. The Morgan fingerprint density at radius 3 is 2.35 bits per heavy atom. The first-order valence-corrected chi connectivity index (χ1v) is 8.62. The molecule has 5 heteroatoms. The minimum absolute atomic E-state index is 0.0262. The fourth-order valence-electron chi connectivity index (χ4n) is 2.77. The highest BCUT2D eigenvalue weighted by atomic mass is 32.2. The average molecular weight is 296 g/mol. The number of hydrogen-bond acceptors (Lipinski definition) is 3. The molecule has 0 aliphatic carbocycles. The van der Waals surface area contributed by atoms with Crippen LogP contribution in [0.2, 0.25) is 0 Å². The fourth-order valence-corrected chi connectivity index (χ4v) is 4.49. The summed E-state index contributed by atoms with van der Waals surface area (Å²) < 4.78 is 26.9. The van der Waals surface area contributed by atoms with Gasteiger partial charge in [0, 0.05) is 12.6 Å². The first-order valence-electron chi connectivity index (χ1n) is 7.18. The highest BCUT2D eigenvalue weighted by Crippen LogP contribution is 2.29. The largest absolute Gasteiger partial charge is 0.330 e. The lowest BCUT2D eigenvalue weighted by atomic mass is 10.0. The summed E-state index contributed by atoms with van der Waals surface area (Å²) in [7, 11) is -3.40. The van der Waals surface area contributed by atoms with E-state index in [-0.39, 0.29) is 12.0 Å². The van der Waals surface area contributed by atoms with Crippen molar-refractivity contribution in [2.45, 2.75) is 44.0 Å². The van der Waals surface area contributed by atoms with Crippen LogP contribution in [0.3, 0.4) is 0 Å². The van der Waals surface area contributed by atoms with Gasteiger partial charge in [-0.15, -0.1) is 0 Å². The molecular formula is C15H24N2O2S. The predicted molar refractivity (Wildman–Crippen MR) is 81.0 cm³/mol. The maximum Gasteiger partial charge on any atom is 0.243 e. The van der Waals surface area contributed by atoms with Crippen molar-refractivity contribution in [3.8, 4) is 0 Å². The van der Waals surface area contributed by atoms with Gasteiger partial charge in [0.05, 0.1) is 4.90 Å². The van der Waals surface area contributed by atoms with Gasteiger partial charge in [0.25, 0.3) is 0 Å². The zero-order valence-electron chi connectivity index (χ0n) is 12.4. The Morgan fingerprint density at radius 2 is 1.90 bits per heavy atom. The van der Waals surface area contributed by atoms with Crippen LogP contribution in [-0.2, 0) is 10.0 Å². The third-order valence-electron chi connectivity index (χ3n) is 4.09. The fraction of sp³-hybridized carbons (Fsp3) is 0.600. The van der Waals surface area contributed by atoms with Crippen molar-refractivity contribution in [1.29, 1.82) is 0 Å². The van der Waals surface area contributed by atoms with Crippen LogP contribution in [-0.4, -0.2) is 31.9 Å². The predicted octanol–water partition coefficient (Wildman–Crippen LogP) is 2.17. The SMILES string of the molecule is CC(C)c1ccc(S(=O)(=O)N2CC(CN)CC2C)cc1. The molecule has 2 N–H and O–H groups in total. The topological polar surface area (TPSA) is 63.4 Å². The molecule has 1 aromatic rings. The van der Waals surface area contributed by atoms with Crippen LogP contribution < -0.4 is 5.73 Å². The maximum atomic E-state index is 12.7. The minimum atomic E-state index is -3.40. The molecule has 1 saturated heterocycles. The highest BCUT2D eigenvalue weighted by Gasteiger charge is 2.37. The summed E-state index contributed by atoms with van der Waals surface area (Å²) in [4.78, 5) is 0.381. The van der Waals surface area contributed by atoms with Crippen LogP contribution in [0.5, 0.6) is 0 Å². The van der Waals surface area contributed by atoms with Crippen molar-refractivity contribution in [3.05, 3.63) is 29.8 Å². The zero-order valence-corrected chi connectivity index (χ0v) is 13.2. The summed E-state index contributed by atoms with van der Waals surface area (Å²) in [6, 6.07) is 7.26. The monoisotopic (exact) mass is 296 g/mol. The summed E-state index contributed by atoms with van der Waals surface area (Å²) in [5.41, 5.74) is 6.82. The molecule has 0 radical (unpaired) electrons. The summed E-state index contributed by atoms with van der Waals surface area (Å²) in [5.74, 6) is 0.675. The van der Waals surface area contributed by atoms with Crippen LogP contribution in [0.15, 0.2) is 29.2 Å². The molecule has 2 unspecified atom stereocenters. The summed E-state index contributed by atoms with van der Waals surface area (Å²) in [6.45, 7) is 7.22. The molecule has 1 aliphatic heterocycles. The van der Waals surface area contributed by atoms with Gasteiger partial charge in [0.1, 0.15) is 0 Å². The van der Waals surface area contributed by atoms with Crippen molar-refractivity contribution >= 4 is 10.0 Å². The molecule has 2 rings (SSSR count). The molecule has 2 atom stereocenters. The molecule has 0 aromatic heterocycles. The lowest BCUT2D eigenvalue weighted by Gasteiger charge is -2.21. The number of nitrogens with two attached hydrogens (primary N) is 1. The number of rotatable bonds is 4. The highest BCUT2D eigenvalue weighted by molar-refractivity contribution is 7.89. The third-order valence-corrected chi connectivity index (χ3v) is 6.09. The van der Waals surface area contributed by atoms with E-state index >= 15 is 0 Å². The summed E-state index contributed by atoms with van der Waals surface area (Å²) >= 11 is 0. The van der Waals surface area contributed by atoms with Crippen molar-refractivity contribution in [1.82, 2.24) is 4.31 Å². The van der Waals surface area contributed by atoms with Gasteiger partial charge in [-0.25, -0.2) is 8.42 Å². The molecule has 0 amide bonds. The molecule has 4 nitrogen and oxygen atoms in total. The summed E-state index contributed by atoms with van der Waals surface area (Å²) in [6.07, 6.45) is 0.847. The van der Waals surface area contributed by atoms with E-state index in [1.165, 1.54) is 0 Å². The number of sulfonamides is 1. The summed E-state index contributed by atoms with van der Waals surface area (Å²) in [5, 5.41) is 0. The second-order valence-electron chi connectivity index (χ2n) is 5.98. The maximum absolute atomic E-state index is 12.7. The Hall–Kier alpha value is -0.910. The first-order chi connectivity index (χ1) is 9.36. The molecule has 1 aromatic carbocycles. The number of benzene rings is 1. The van der Waals surface area contributed by atoms with E-state index < -0.39 is 10.0 Å². The van der Waals surface area contributed by atoms with Gasteiger partial charge in [-0.3, -0.25) is 0 Å². The van der Waals surface area contributed by atoms with E-state index in [2.05, 4.69) is 13.8 Å². The Bertz CT molecular complexity index is 552. The van der Waals surface area contributed by atoms with Crippen molar-refractivity contribution in [2.24, 2.45) is 11.7 Å². The molecule has 0 spiro atoms. The van der Waals surface area contributed by atoms with Crippen molar-refractivity contribution in [2.75, 3.05) is 13.1 Å². The quantitative estimate of drug-likeness (QED) is 0.926. The Labute approximate surface area is 122 Å². The van der Waals surface area contributed by atoms with Gasteiger partial charge in [0.15, 0.2) is 0 Å².